The van der Waals surface area contributed by atoms with E-state index in [9.17, 15) is 12.8 Å². The molecule has 1 aliphatic rings. The predicted octanol–water partition coefficient (Wildman–Crippen LogP) is 9.54. The van der Waals surface area contributed by atoms with E-state index in [1.807, 2.05) is 81.4 Å². The number of hydrogen-bond donors (Lipinski definition) is 2. The van der Waals surface area contributed by atoms with Crippen molar-refractivity contribution in [3.63, 3.8) is 0 Å². The second-order valence-corrected chi connectivity index (χ2v) is 20.9. The number of ketones is 1. The highest BCUT2D eigenvalue weighted by atomic mass is 32.2. The first kappa shape index (κ1) is 43.4. The molecule has 2 N–H and O–H groups in total. The maximum absolute atomic E-state index is 15.1. The summed E-state index contributed by atoms with van der Waals surface area (Å²) in [5.74, 6) is -0.591. The lowest BCUT2D eigenvalue weighted by atomic mass is 10.1. The summed E-state index contributed by atoms with van der Waals surface area (Å²) in [7, 11) is -6.70. The number of benzene rings is 6. The molecule has 330 valence electrons. The molecular weight excluding hydrogens is 865 g/mol. The normalized spacial score (nSPS) is 14.9. The summed E-state index contributed by atoms with van der Waals surface area (Å²) in [4.78, 5) is 18.4. The number of anilines is 1. The molecule has 0 aliphatic carbocycles. The van der Waals surface area contributed by atoms with Crippen LogP contribution in [0.4, 0.5) is 15.9 Å². The Morgan fingerprint density at radius 2 is 1.49 bits per heavy atom. The molecule has 0 spiro atoms. The van der Waals surface area contributed by atoms with Crippen molar-refractivity contribution in [1.29, 1.82) is 0 Å². The maximum atomic E-state index is 15.1. The molecule has 8 aromatic rings. The number of H-pyrrole nitrogens is 1. The Morgan fingerprint density at radius 1 is 0.862 bits per heavy atom. The number of halogens is 1. The van der Waals surface area contributed by atoms with Gasteiger partial charge < -0.3 is 23.9 Å². The van der Waals surface area contributed by atoms with Gasteiger partial charge in [-0.25, -0.2) is 22.2 Å². The van der Waals surface area contributed by atoms with E-state index in [-0.39, 0.29) is 41.2 Å². The minimum atomic E-state index is -3.73. The number of nitrogens with zero attached hydrogens (tertiary/aromatic N) is 3. The summed E-state index contributed by atoms with van der Waals surface area (Å²) in [6, 6.07) is 46.7. The van der Waals surface area contributed by atoms with Gasteiger partial charge in [-0.1, -0.05) is 103 Å². The molecule has 15 heteroatoms. The summed E-state index contributed by atoms with van der Waals surface area (Å²) >= 11 is 0. The Morgan fingerprint density at radius 3 is 2.08 bits per heavy atom. The van der Waals surface area contributed by atoms with Gasteiger partial charge in [0, 0.05) is 26.8 Å². The van der Waals surface area contributed by atoms with Crippen LogP contribution in [0.5, 0.6) is 17.2 Å². The Bertz CT molecular complexity index is 3110. The number of hydrogen-bond acceptors (Lipinski definition) is 9. The monoisotopic (exact) mass is 909 g/mol. The minimum Gasteiger partial charge on any atom is -0.489 e. The van der Waals surface area contributed by atoms with Crippen LogP contribution in [-0.4, -0.2) is 60.3 Å². The van der Waals surface area contributed by atoms with E-state index in [0.717, 1.165) is 22.2 Å². The standard InChI is InChI=1S/C50H45FN5O7PS/c1-33-26-35(24-25-45(33)62-46-23-15-14-22-41(46)51)56-49(54-64(37-16-8-5-9-17-37,38-18-10-6-11-19-38)39-20-12-7-13-21-39)40(30-52-56)48(57)44-27-34-28-47(60-31-36-32-61-50(2,3)63-36)43(29-42(34)53-44)55-65(4,58)59/h5-30,36,53,55H,31-32H2,1-4H3/t36-/m0/s1. The molecule has 6 aromatic carbocycles. The van der Waals surface area contributed by atoms with Crippen LogP contribution in [0.1, 0.15) is 35.5 Å². The predicted molar refractivity (Wildman–Crippen MR) is 253 cm³/mol. The highest BCUT2D eigenvalue weighted by molar-refractivity contribution is 7.92. The van der Waals surface area contributed by atoms with Crippen LogP contribution in [0, 0.1) is 12.7 Å². The first-order valence-corrected chi connectivity index (χ1v) is 24.4. The highest BCUT2D eigenvalue weighted by Gasteiger charge is 2.34. The second kappa shape index (κ2) is 17.6. The van der Waals surface area contributed by atoms with Crippen LogP contribution in [0.2, 0.25) is 0 Å². The lowest BCUT2D eigenvalue weighted by Crippen LogP contribution is -2.25. The summed E-state index contributed by atoms with van der Waals surface area (Å²) in [6.45, 7) is 5.88. The number of fused-ring (bicyclic) bond motifs is 1. The molecule has 1 saturated heterocycles. The van der Waals surface area contributed by atoms with Gasteiger partial charge in [-0.05, 0) is 74.9 Å². The van der Waals surface area contributed by atoms with Gasteiger partial charge >= 0.3 is 0 Å². The van der Waals surface area contributed by atoms with Crippen molar-refractivity contribution in [2.75, 3.05) is 24.2 Å². The van der Waals surface area contributed by atoms with Gasteiger partial charge in [0.25, 0.3) is 0 Å². The van der Waals surface area contributed by atoms with Gasteiger partial charge in [-0.2, -0.15) is 5.10 Å². The molecule has 9 rings (SSSR count). The van der Waals surface area contributed by atoms with Crippen LogP contribution in [-0.2, 0) is 19.5 Å². The van der Waals surface area contributed by atoms with Crippen molar-refractivity contribution >= 4 is 61.2 Å². The van der Waals surface area contributed by atoms with E-state index < -0.39 is 34.5 Å². The van der Waals surface area contributed by atoms with Gasteiger partial charge in [-0.15, -0.1) is 0 Å². The van der Waals surface area contributed by atoms with Crippen molar-refractivity contribution in [2.24, 2.45) is 4.74 Å². The molecule has 2 aromatic heterocycles. The molecule has 3 heterocycles. The smallest absolute Gasteiger partial charge is 0.229 e. The van der Waals surface area contributed by atoms with E-state index in [4.69, 9.17) is 28.8 Å². The zero-order chi connectivity index (χ0) is 45.3. The third-order valence-electron chi connectivity index (χ3n) is 10.8. The maximum Gasteiger partial charge on any atom is 0.229 e. The number of sulfonamides is 1. The largest absolute Gasteiger partial charge is 0.489 e. The molecule has 0 bridgehead atoms. The minimum absolute atomic E-state index is 0.0897. The number of aromatic nitrogens is 3. The van der Waals surface area contributed by atoms with Crippen molar-refractivity contribution in [3.8, 4) is 22.9 Å². The zero-order valence-corrected chi connectivity index (χ0v) is 37.6. The zero-order valence-electron chi connectivity index (χ0n) is 35.9. The quantitative estimate of drug-likeness (QED) is 0.0811. The lowest BCUT2D eigenvalue weighted by molar-refractivity contribution is -0.141. The molecule has 1 fully saturated rings. The van der Waals surface area contributed by atoms with Gasteiger partial charge in [0.2, 0.25) is 15.8 Å². The molecular formula is C50H45FN5O7PS. The van der Waals surface area contributed by atoms with Gasteiger partial charge in [0.05, 0.1) is 48.7 Å². The molecule has 12 nitrogen and oxygen atoms in total. The summed E-state index contributed by atoms with van der Waals surface area (Å²) in [6.07, 6.45) is 2.18. The third-order valence-corrected chi connectivity index (χ3v) is 15.1. The first-order valence-electron chi connectivity index (χ1n) is 20.8. The number of ether oxygens (including phenoxy) is 4. The van der Waals surface area contributed by atoms with Crippen LogP contribution in [0.25, 0.3) is 16.6 Å². The third kappa shape index (κ3) is 9.11. The first-order chi connectivity index (χ1) is 31.3. The van der Waals surface area contributed by atoms with E-state index in [1.54, 1.807) is 53.2 Å². The number of aromatic amines is 1. The molecule has 0 saturated carbocycles. The van der Waals surface area contributed by atoms with Gasteiger partial charge in [0.1, 0.15) is 24.2 Å². The SMILES string of the molecule is Cc1cc(-n2ncc(C(=O)c3cc4cc(OC[C@H]5COC(C)(C)O5)c(NS(C)(=O)=O)cc4[nH]3)c2N=P(c2ccccc2)(c2ccccc2)c2ccccc2)ccc1Oc1ccccc1F. The fraction of sp³-hybridized carbons (Fsp3) is 0.160. The van der Waals surface area contributed by atoms with E-state index in [2.05, 4.69) is 46.1 Å². The fourth-order valence-corrected chi connectivity index (χ4v) is 11.9. The number of aryl methyl sites for hydroxylation is 1. The van der Waals surface area contributed by atoms with E-state index in [0.29, 0.717) is 40.3 Å². The average Bonchev–Trinajstić information content (AvgIpc) is 4.02. The number of rotatable bonds is 14. The number of para-hydroxylation sites is 1. The number of nitrogens with one attached hydrogen (secondary N) is 2. The van der Waals surface area contributed by atoms with Crippen molar-refractivity contribution in [1.82, 2.24) is 14.8 Å². The Balaban J connectivity index is 1.22. The van der Waals surface area contributed by atoms with Crippen LogP contribution in [0.3, 0.4) is 0 Å². The van der Waals surface area contributed by atoms with Crippen LogP contribution >= 0.6 is 7.05 Å². The topological polar surface area (TPSA) is 146 Å². The highest BCUT2D eigenvalue weighted by Crippen LogP contribution is 2.50. The number of carbonyl (C=O) groups excluding carboxylic acids is 1. The van der Waals surface area contributed by atoms with E-state index in [1.165, 1.54) is 12.3 Å². The Hall–Kier alpha value is -6.83. The van der Waals surface area contributed by atoms with Crippen molar-refractivity contribution < 1.29 is 36.6 Å². The molecule has 1 atom stereocenters. The Labute approximate surface area is 376 Å². The van der Waals surface area contributed by atoms with Crippen molar-refractivity contribution in [3.05, 3.63) is 180 Å². The number of carbonyl (C=O) groups is 1. The molecule has 0 radical (unpaired) electrons. The summed E-state index contributed by atoms with van der Waals surface area (Å²) in [5.41, 5.74) is 2.37. The van der Waals surface area contributed by atoms with Crippen molar-refractivity contribution in [2.45, 2.75) is 32.7 Å². The molecule has 1 aliphatic heterocycles. The lowest BCUT2D eigenvalue weighted by Gasteiger charge is -2.27. The molecule has 0 unspecified atom stereocenters. The van der Waals surface area contributed by atoms with Gasteiger partial charge in [0.15, 0.2) is 23.2 Å². The average molecular weight is 910 g/mol. The van der Waals surface area contributed by atoms with Crippen LogP contribution in [0.15, 0.2) is 163 Å². The second-order valence-electron chi connectivity index (χ2n) is 16.1. The summed E-state index contributed by atoms with van der Waals surface area (Å²) < 4.78 is 73.5. The molecule has 65 heavy (non-hydrogen) atoms. The van der Waals surface area contributed by atoms with Gasteiger partial charge in [-0.3, -0.25) is 9.52 Å². The van der Waals surface area contributed by atoms with Crippen LogP contribution < -0.4 is 30.1 Å². The molecule has 0 amide bonds. The summed E-state index contributed by atoms with van der Waals surface area (Å²) in [5, 5.41) is 8.31. The Kier molecular flexibility index (Phi) is 11.8. The fourth-order valence-electron chi connectivity index (χ4n) is 7.86. The van der Waals surface area contributed by atoms with E-state index >= 15 is 4.79 Å².